The van der Waals surface area contributed by atoms with E-state index in [2.05, 4.69) is 30.7 Å². The molecule has 1 rings (SSSR count). The fourth-order valence-electron chi connectivity index (χ4n) is 1.83. The van der Waals surface area contributed by atoms with Gasteiger partial charge in [0.25, 0.3) is 0 Å². The topological polar surface area (TPSA) is 36.4 Å². The molecular weight excluding hydrogens is 200 g/mol. The van der Waals surface area contributed by atoms with Gasteiger partial charge in [-0.2, -0.15) is 0 Å². The first kappa shape index (κ1) is 13.0. The molecule has 1 N–H and O–H groups in total. The lowest BCUT2D eigenvalue weighted by Gasteiger charge is -2.29. The minimum absolute atomic E-state index is 0.396. The van der Waals surface area contributed by atoms with Crippen LogP contribution in [0.1, 0.15) is 45.8 Å². The molecule has 0 amide bonds. The summed E-state index contributed by atoms with van der Waals surface area (Å²) in [7, 11) is 0. The molecule has 0 unspecified atom stereocenters. The SMILES string of the molecule is CCCN(c1ncccc1[C@@H](C)O)C(C)C. The third-order valence-corrected chi connectivity index (χ3v) is 2.63. The van der Waals surface area contributed by atoms with E-state index in [1.165, 1.54) is 0 Å². The zero-order valence-corrected chi connectivity index (χ0v) is 10.6. The molecule has 1 aromatic heterocycles. The normalized spacial score (nSPS) is 12.9. The molecule has 0 bridgehead atoms. The molecule has 0 aliphatic heterocycles. The van der Waals surface area contributed by atoms with Crippen molar-refractivity contribution in [1.82, 2.24) is 4.98 Å². The maximum absolute atomic E-state index is 9.74. The number of aliphatic hydroxyl groups excluding tert-OH is 1. The number of nitrogens with zero attached hydrogens (tertiary/aromatic N) is 2. The van der Waals surface area contributed by atoms with E-state index < -0.39 is 6.10 Å². The minimum atomic E-state index is -0.471. The molecule has 0 aliphatic rings. The second-order valence-electron chi connectivity index (χ2n) is 4.38. The number of hydrogen-bond acceptors (Lipinski definition) is 3. The number of aromatic nitrogens is 1. The zero-order chi connectivity index (χ0) is 12.1. The van der Waals surface area contributed by atoms with Crippen LogP contribution in [0.3, 0.4) is 0 Å². The van der Waals surface area contributed by atoms with E-state index >= 15 is 0 Å². The Morgan fingerprint density at radius 3 is 2.56 bits per heavy atom. The van der Waals surface area contributed by atoms with Crippen LogP contribution in [0.2, 0.25) is 0 Å². The summed E-state index contributed by atoms with van der Waals surface area (Å²) in [6, 6.07) is 4.21. The fourth-order valence-corrected chi connectivity index (χ4v) is 1.83. The van der Waals surface area contributed by atoms with Crippen LogP contribution in [0.5, 0.6) is 0 Å². The highest BCUT2D eigenvalue weighted by Gasteiger charge is 2.16. The van der Waals surface area contributed by atoms with E-state index in [9.17, 15) is 5.11 Å². The molecule has 90 valence electrons. The van der Waals surface area contributed by atoms with Crippen molar-refractivity contribution >= 4 is 5.82 Å². The lowest BCUT2D eigenvalue weighted by atomic mass is 10.1. The minimum Gasteiger partial charge on any atom is -0.389 e. The molecule has 0 saturated carbocycles. The molecule has 16 heavy (non-hydrogen) atoms. The van der Waals surface area contributed by atoms with Gasteiger partial charge in [-0.05, 0) is 33.3 Å². The highest BCUT2D eigenvalue weighted by molar-refractivity contribution is 5.48. The summed E-state index contributed by atoms with van der Waals surface area (Å²) in [5.74, 6) is 0.911. The molecule has 3 heteroatoms. The Bertz CT molecular complexity index is 323. The van der Waals surface area contributed by atoms with Crippen LogP contribution in [0.4, 0.5) is 5.82 Å². The van der Waals surface area contributed by atoms with Gasteiger partial charge in [-0.1, -0.05) is 13.0 Å². The summed E-state index contributed by atoms with van der Waals surface area (Å²) in [5.41, 5.74) is 0.907. The van der Waals surface area contributed by atoms with Gasteiger partial charge in [0.1, 0.15) is 5.82 Å². The summed E-state index contributed by atoms with van der Waals surface area (Å²) in [4.78, 5) is 6.64. The van der Waals surface area contributed by atoms with Crippen LogP contribution in [-0.4, -0.2) is 22.7 Å². The number of pyridine rings is 1. The molecule has 1 heterocycles. The zero-order valence-electron chi connectivity index (χ0n) is 10.6. The van der Waals surface area contributed by atoms with Crippen LogP contribution in [-0.2, 0) is 0 Å². The Balaban J connectivity index is 3.07. The first-order valence-corrected chi connectivity index (χ1v) is 5.97. The van der Waals surface area contributed by atoms with Gasteiger partial charge in [0.05, 0.1) is 6.10 Å². The fraction of sp³-hybridized carbons (Fsp3) is 0.615. The van der Waals surface area contributed by atoms with Gasteiger partial charge in [-0.15, -0.1) is 0 Å². The number of hydrogen-bond donors (Lipinski definition) is 1. The Morgan fingerprint density at radius 2 is 2.06 bits per heavy atom. The third-order valence-electron chi connectivity index (χ3n) is 2.63. The Hall–Kier alpha value is -1.09. The highest BCUT2D eigenvalue weighted by atomic mass is 16.3. The summed E-state index contributed by atoms with van der Waals surface area (Å²) in [5, 5.41) is 9.74. The standard InChI is InChI=1S/C13H22N2O/c1-5-9-15(10(2)3)13-12(11(4)16)7-6-8-14-13/h6-8,10-11,16H,5,9H2,1-4H3/t11-/m1/s1. The number of rotatable bonds is 5. The second kappa shape index (κ2) is 5.85. The quantitative estimate of drug-likeness (QED) is 0.832. The van der Waals surface area contributed by atoms with Crippen molar-refractivity contribution in [3.63, 3.8) is 0 Å². The van der Waals surface area contributed by atoms with Crippen molar-refractivity contribution in [3.8, 4) is 0 Å². The molecule has 1 aromatic rings. The average Bonchev–Trinajstić information content (AvgIpc) is 2.25. The van der Waals surface area contributed by atoms with Gasteiger partial charge in [0.2, 0.25) is 0 Å². The molecule has 1 atom stereocenters. The number of aliphatic hydroxyl groups is 1. The summed E-state index contributed by atoms with van der Waals surface area (Å²) < 4.78 is 0. The van der Waals surface area contributed by atoms with Crippen molar-refractivity contribution < 1.29 is 5.11 Å². The molecule has 0 saturated heterocycles. The van der Waals surface area contributed by atoms with Crippen molar-refractivity contribution in [2.75, 3.05) is 11.4 Å². The van der Waals surface area contributed by atoms with Crippen LogP contribution >= 0.6 is 0 Å². The first-order chi connectivity index (χ1) is 7.57. The van der Waals surface area contributed by atoms with Gasteiger partial charge in [0.15, 0.2) is 0 Å². The predicted octanol–water partition coefficient (Wildman–Crippen LogP) is 2.76. The molecule has 3 nitrogen and oxygen atoms in total. The van der Waals surface area contributed by atoms with Crippen LogP contribution in [0.15, 0.2) is 18.3 Å². The van der Waals surface area contributed by atoms with Gasteiger partial charge < -0.3 is 10.0 Å². The monoisotopic (exact) mass is 222 g/mol. The van der Waals surface area contributed by atoms with Gasteiger partial charge in [-0.3, -0.25) is 0 Å². The Morgan fingerprint density at radius 1 is 1.38 bits per heavy atom. The van der Waals surface area contributed by atoms with Crippen molar-refractivity contribution in [2.45, 2.75) is 46.3 Å². The average molecular weight is 222 g/mol. The summed E-state index contributed by atoms with van der Waals surface area (Å²) in [6.45, 7) is 9.20. The first-order valence-electron chi connectivity index (χ1n) is 5.97. The lowest BCUT2D eigenvalue weighted by molar-refractivity contribution is 0.199. The van der Waals surface area contributed by atoms with Crippen molar-refractivity contribution in [3.05, 3.63) is 23.9 Å². The van der Waals surface area contributed by atoms with Gasteiger partial charge >= 0.3 is 0 Å². The highest BCUT2D eigenvalue weighted by Crippen LogP contribution is 2.25. The Labute approximate surface area is 98.1 Å². The van der Waals surface area contributed by atoms with Crippen LogP contribution in [0, 0.1) is 0 Å². The van der Waals surface area contributed by atoms with E-state index in [0.29, 0.717) is 6.04 Å². The van der Waals surface area contributed by atoms with Crippen LogP contribution in [0.25, 0.3) is 0 Å². The molecule has 0 aromatic carbocycles. The van der Waals surface area contributed by atoms with E-state index in [0.717, 1.165) is 24.3 Å². The van der Waals surface area contributed by atoms with Crippen molar-refractivity contribution in [1.29, 1.82) is 0 Å². The second-order valence-corrected chi connectivity index (χ2v) is 4.38. The largest absolute Gasteiger partial charge is 0.389 e. The Kier molecular flexibility index (Phi) is 4.74. The maximum Gasteiger partial charge on any atom is 0.134 e. The molecule has 0 spiro atoms. The van der Waals surface area contributed by atoms with E-state index in [-0.39, 0.29) is 0 Å². The smallest absolute Gasteiger partial charge is 0.134 e. The van der Waals surface area contributed by atoms with Gasteiger partial charge in [0, 0.05) is 24.3 Å². The van der Waals surface area contributed by atoms with Crippen molar-refractivity contribution in [2.24, 2.45) is 0 Å². The molecule has 0 radical (unpaired) electrons. The summed E-state index contributed by atoms with van der Waals surface area (Å²) in [6.07, 6.45) is 2.39. The molecule has 0 fully saturated rings. The van der Waals surface area contributed by atoms with E-state index in [1.54, 1.807) is 13.1 Å². The number of anilines is 1. The maximum atomic E-state index is 9.74. The van der Waals surface area contributed by atoms with Gasteiger partial charge in [-0.25, -0.2) is 4.98 Å². The van der Waals surface area contributed by atoms with E-state index in [4.69, 9.17) is 0 Å². The molecule has 0 aliphatic carbocycles. The van der Waals surface area contributed by atoms with Crippen LogP contribution < -0.4 is 4.90 Å². The molecular formula is C13H22N2O. The third kappa shape index (κ3) is 2.95. The van der Waals surface area contributed by atoms with E-state index in [1.807, 2.05) is 12.1 Å². The lowest BCUT2D eigenvalue weighted by Crippen LogP contribution is -2.33. The predicted molar refractivity (Wildman–Crippen MR) is 67.6 cm³/mol. The summed E-state index contributed by atoms with van der Waals surface area (Å²) >= 11 is 0.